The Morgan fingerprint density at radius 2 is 1.70 bits per heavy atom. The monoisotopic (exact) mass is 461 g/mol. The minimum atomic E-state index is -0.0760. The van der Waals surface area contributed by atoms with Crippen LogP contribution in [-0.4, -0.2) is 34.8 Å². The molecule has 1 aliphatic rings. The van der Waals surface area contributed by atoms with Gasteiger partial charge in [-0.3, -0.25) is 9.59 Å². The molecular formula is C27H31N3O2S. The number of benzene rings is 2. The third kappa shape index (κ3) is 6.29. The van der Waals surface area contributed by atoms with Crippen LogP contribution in [0.5, 0.6) is 0 Å². The molecule has 3 aromatic rings. The third-order valence-electron chi connectivity index (χ3n) is 6.30. The van der Waals surface area contributed by atoms with Gasteiger partial charge in [0.1, 0.15) is 0 Å². The van der Waals surface area contributed by atoms with Crippen LogP contribution < -0.4 is 5.32 Å². The van der Waals surface area contributed by atoms with E-state index in [-0.39, 0.29) is 17.7 Å². The molecule has 172 valence electrons. The summed E-state index contributed by atoms with van der Waals surface area (Å²) in [6.07, 6.45) is 3.49. The second kappa shape index (κ2) is 10.8. The number of nitrogens with zero attached hydrogens (tertiary/aromatic N) is 2. The number of aromatic nitrogens is 1. The zero-order chi connectivity index (χ0) is 23.2. The Morgan fingerprint density at radius 3 is 2.39 bits per heavy atom. The van der Waals surface area contributed by atoms with Gasteiger partial charge in [-0.1, -0.05) is 60.2 Å². The summed E-state index contributed by atoms with van der Waals surface area (Å²) in [6.45, 7) is 5.36. The number of likely N-dealkylation sites (tertiary alicyclic amines) is 1. The molecule has 0 unspecified atom stereocenters. The van der Waals surface area contributed by atoms with E-state index in [1.54, 1.807) is 11.3 Å². The number of nitrogens with one attached hydrogen (secondary N) is 1. The Morgan fingerprint density at radius 1 is 1.00 bits per heavy atom. The van der Waals surface area contributed by atoms with E-state index in [1.807, 2.05) is 30.0 Å². The van der Waals surface area contributed by atoms with Crippen LogP contribution in [0.25, 0.3) is 0 Å². The molecule has 1 saturated heterocycles. The van der Waals surface area contributed by atoms with Crippen LogP contribution in [0.3, 0.4) is 0 Å². The van der Waals surface area contributed by atoms with Crippen molar-refractivity contribution in [2.24, 2.45) is 5.92 Å². The molecule has 0 spiro atoms. The zero-order valence-electron chi connectivity index (χ0n) is 19.3. The van der Waals surface area contributed by atoms with E-state index in [4.69, 9.17) is 0 Å². The van der Waals surface area contributed by atoms with Crippen molar-refractivity contribution < 1.29 is 9.59 Å². The highest BCUT2D eigenvalue weighted by Crippen LogP contribution is 2.27. The zero-order valence-corrected chi connectivity index (χ0v) is 20.2. The first-order chi connectivity index (χ1) is 16.0. The van der Waals surface area contributed by atoms with Gasteiger partial charge >= 0.3 is 0 Å². The van der Waals surface area contributed by atoms with Crippen LogP contribution in [-0.2, 0) is 22.4 Å². The minimum Gasteiger partial charge on any atom is -0.343 e. The molecule has 0 bridgehead atoms. The van der Waals surface area contributed by atoms with E-state index in [9.17, 15) is 9.59 Å². The lowest BCUT2D eigenvalue weighted by atomic mass is 9.95. The van der Waals surface area contributed by atoms with Crippen LogP contribution in [0, 0.1) is 19.8 Å². The number of hydrogen-bond acceptors (Lipinski definition) is 4. The van der Waals surface area contributed by atoms with E-state index >= 15 is 0 Å². The topological polar surface area (TPSA) is 62.3 Å². The maximum Gasteiger partial charge on any atom is 0.229 e. The van der Waals surface area contributed by atoms with Gasteiger partial charge in [-0.15, -0.1) is 11.3 Å². The first-order valence-electron chi connectivity index (χ1n) is 11.6. The van der Waals surface area contributed by atoms with Crippen molar-refractivity contribution >= 4 is 28.3 Å². The van der Waals surface area contributed by atoms with Gasteiger partial charge in [-0.05, 0) is 44.2 Å². The molecule has 1 aromatic heterocycles. The predicted molar refractivity (Wildman–Crippen MR) is 134 cm³/mol. The summed E-state index contributed by atoms with van der Waals surface area (Å²) in [5.41, 5.74) is 4.64. The fraction of sp³-hybridized carbons (Fsp3) is 0.370. The summed E-state index contributed by atoms with van der Waals surface area (Å²) in [5.74, 6) is 0.115. The standard InChI is InChI=1S/C27H31N3O2S/c1-19-8-10-22(11-9-19)18-24-20(2)28-27(33-24)29-26(32)23-14-16-30(17-15-23)25(31)13-12-21-6-4-3-5-7-21/h3-11,23H,12-18H2,1-2H3,(H,28,29,32). The average Bonchev–Trinajstić information content (AvgIpc) is 3.18. The molecule has 2 aromatic carbocycles. The first kappa shape index (κ1) is 23.2. The van der Waals surface area contributed by atoms with Gasteiger partial charge in [0.25, 0.3) is 0 Å². The smallest absolute Gasteiger partial charge is 0.229 e. The lowest BCUT2D eigenvalue weighted by Crippen LogP contribution is -2.41. The van der Waals surface area contributed by atoms with Crippen LogP contribution in [0.2, 0.25) is 0 Å². The number of piperidine rings is 1. The Kier molecular flexibility index (Phi) is 7.55. The lowest BCUT2D eigenvalue weighted by Gasteiger charge is -2.31. The van der Waals surface area contributed by atoms with Gasteiger partial charge in [-0.25, -0.2) is 4.98 Å². The summed E-state index contributed by atoms with van der Waals surface area (Å²) in [5, 5.41) is 3.69. The average molecular weight is 462 g/mol. The minimum absolute atomic E-state index is 0.0158. The number of amides is 2. The summed E-state index contributed by atoms with van der Waals surface area (Å²) in [4.78, 5) is 33.0. The highest BCUT2D eigenvalue weighted by Gasteiger charge is 2.27. The number of aryl methyl sites for hydroxylation is 3. The molecule has 0 saturated carbocycles. The van der Waals surface area contributed by atoms with Crippen molar-refractivity contribution in [2.45, 2.75) is 46.0 Å². The van der Waals surface area contributed by atoms with Crippen molar-refractivity contribution in [2.75, 3.05) is 18.4 Å². The summed E-state index contributed by atoms with van der Waals surface area (Å²) in [6, 6.07) is 18.6. The van der Waals surface area contributed by atoms with Gasteiger partial charge < -0.3 is 10.2 Å². The van der Waals surface area contributed by atoms with Gasteiger partial charge in [0.15, 0.2) is 5.13 Å². The van der Waals surface area contributed by atoms with Gasteiger partial charge in [-0.2, -0.15) is 0 Å². The van der Waals surface area contributed by atoms with E-state index in [1.165, 1.54) is 21.6 Å². The Balaban J connectivity index is 1.25. The van der Waals surface area contributed by atoms with Crippen molar-refractivity contribution in [1.82, 2.24) is 9.88 Å². The van der Waals surface area contributed by atoms with Gasteiger partial charge in [0, 0.05) is 36.7 Å². The molecule has 5 nitrogen and oxygen atoms in total. The summed E-state index contributed by atoms with van der Waals surface area (Å²) in [7, 11) is 0. The summed E-state index contributed by atoms with van der Waals surface area (Å²) < 4.78 is 0. The number of anilines is 1. The number of carbonyl (C=O) groups excluding carboxylic acids is 2. The largest absolute Gasteiger partial charge is 0.343 e. The maximum atomic E-state index is 12.8. The fourth-order valence-corrected chi connectivity index (χ4v) is 5.19. The molecule has 2 amide bonds. The molecule has 1 N–H and O–H groups in total. The van der Waals surface area contributed by atoms with Crippen molar-refractivity contribution in [3.05, 3.63) is 81.9 Å². The second-order valence-electron chi connectivity index (χ2n) is 8.82. The molecule has 0 aliphatic carbocycles. The van der Waals surface area contributed by atoms with Gasteiger partial charge in [0.2, 0.25) is 11.8 Å². The van der Waals surface area contributed by atoms with Gasteiger partial charge in [0.05, 0.1) is 5.69 Å². The maximum absolute atomic E-state index is 12.8. The Bertz CT molecular complexity index is 1080. The number of thiazole rings is 1. The molecule has 0 atom stereocenters. The SMILES string of the molecule is Cc1ccc(Cc2sc(NC(=O)C3CCN(C(=O)CCc4ccccc4)CC3)nc2C)cc1. The van der Waals surface area contributed by atoms with Crippen molar-refractivity contribution in [1.29, 1.82) is 0 Å². The molecule has 6 heteroatoms. The van der Waals surface area contributed by atoms with Crippen LogP contribution in [0.15, 0.2) is 54.6 Å². The van der Waals surface area contributed by atoms with Crippen LogP contribution >= 0.6 is 11.3 Å². The van der Waals surface area contributed by atoms with E-state index in [2.05, 4.69) is 53.6 Å². The van der Waals surface area contributed by atoms with E-state index in [0.29, 0.717) is 37.5 Å². The van der Waals surface area contributed by atoms with Crippen LogP contribution in [0.1, 0.15) is 46.5 Å². The molecule has 2 heterocycles. The highest BCUT2D eigenvalue weighted by atomic mass is 32.1. The molecule has 4 rings (SSSR count). The summed E-state index contributed by atoms with van der Waals surface area (Å²) >= 11 is 1.55. The first-order valence-corrected chi connectivity index (χ1v) is 12.4. The van der Waals surface area contributed by atoms with Crippen molar-refractivity contribution in [3.8, 4) is 0 Å². The molecular weight excluding hydrogens is 430 g/mol. The van der Waals surface area contributed by atoms with Crippen LogP contribution in [0.4, 0.5) is 5.13 Å². The second-order valence-corrected chi connectivity index (χ2v) is 9.90. The number of hydrogen-bond donors (Lipinski definition) is 1. The number of rotatable bonds is 7. The van der Waals surface area contributed by atoms with E-state index in [0.717, 1.165) is 18.5 Å². The Labute approximate surface area is 199 Å². The fourth-order valence-electron chi connectivity index (χ4n) is 4.19. The van der Waals surface area contributed by atoms with E-state index < -0.39 is 0 Å². The molecule has 1 fully saturated rings. The highest BCUT2D eigenvalue weighted by molar-refractivity contribution is 7.15. The molecule has 0 radical (unpaired) electrons. The van der Waals surface area contributed by atoms with Crippen molar-refractivity contribution in [3.63, 3.8) is 0 Å². The quantitative estimate of drug-likeness (QED) is 0.529. The Hall–Kier alpha value is -2.99. The lowest BCUT2D eigenvalue weighted by molar-refractivity contribution is -0.134. The number of carbonyl (C=O) groups is 2. The molecule has 33 heavy (non-hydrogen) atoms. The predicted octanol–water partition coefficient (Wildman–Crippen LogP) is 5.16. The molecule has 1 aliphatic heterocycles. The normalized spacial score (nSPS) is 14.3. The third-order valence-corrected chi connectivity index (χ3v) is 7.37.